The van der Waals surface area contributed by atoms with Gasteiger partial charge in [0, 0.05) is 41.9 Å². The molecule has 0 saturated carbocycles. The van der Waals surface area contributed by atoms with Gasteiger partial charge in [-0.05, 0) is 5.56 Å². The summed E-state index contributed by atoms with van der Waals surface area (Å²) in [6.45, 7) is 0.501. The van der Waals surface area contributed by atoms with Gasteiger partial charge in [0.2, 0.25) is 0 Å². The molecule has 0 aliphatic rings. The van der Waals surface area contributed by atoms with Gasteiger partial charge >= 0.3 is 5.00 Å². The first-order valence-electron chi connectivity index (χ1n) is 5.81. The molecule has 0 spiro atoms. The zero-order chi connectivity index (χ0) is 14.5. The van der Waals surface area contributed by atoms with Gasteiger partial charge in [0.25, 0.3) is 0 Å². The fourth-order valence-electron chi connectivity index (χ4n) is 1.66. The van der Waals surface area contributed by atoms with E-state index in [2.05, 4.69) is 5.32 Å². The van der Waals surface area contributed by atoms with Crippen LogP contribution >= 0.6 is 11.3 Å². The van der Waals surface area contributed by atoms with E-state index < -0.39 is 0 Å². The molecule has 0 fully saturated rings. The number of nitro groups is 1. The highest BCUT2D eigenvalue weighted by molar-refractivity contribution is 7.13. The molecule has 0 bridgehead atoms. The molecule has 1 aromatic carbocycles. The quantitative estimate of drug-likeness (QED) is 0.653. The molecule has 7 heteroatoms. The maximum Gasteiger partial charge on any atom is 0.324 e. The molecule has 0 aliphatic heterocycles. The Labute approximate surface area is 120 Å². The Balaban J connectivity index is 2.07. The number of ether oxygens (including phenoxy) is 2. The van der Waals surface area contributed by atoms with Gasteiger partial charge in [-0.25, -0.2) is 0 Å². The van der Waals surface area contributed by atoms with Crippen LogP contribution in [0.1, 0.15) is 5.56 Å². The number of nitrogens with one attached hydrogen (secondary N) is 1. The summed E-state index contributed by atoms with van der Waals surface area (Å²) in [5.74, 6) is 1.37. The standard InChI is InChI=1S/C13H14N2O4S/c1-18-11-4-10(5-12(6-11)19-2)14-7-9-3-13(15(16)17)20-8-9/h3-6,8,14H,7H2,1-2H3. The average molecular weight is 294 g/mol. The second kappa shape index (κ2) is 6.25. The molecule has 2 rings (SSSR count). The van der Waals surface area contributed by atoms with Gasteiger partial charge in [0.05, 0.1) is 19.1 Å². The topological polar surface area (TPSA) is 73.6 Å². The fraction of sp³-hybridized carbons (Fsp3) is 0.231. The van der Waals surface area contributed by atoms with Crippen molar-refractivity contribution in [2.45, 2.75) is 6.54 Å². The number of hydrogen-bond acceptors (Lipinski definition) is 6. The third-order valence-corrected chi connectivity index (χ3v) is 3.60. The molecule has 20 heavy (non-hydrogen) atoms. The van der Waals surface area contributed by atoms with Crippen molar-refractivity contribution in [2.24, 2.45) is 0 Å². The highest BCUT2D eigenvalue weighted by Gasteiger charge is 2.09. The molecule has 1 heterocycles. The molecule has 0 amide bonds. The number of nitrogens with zero attached hydrogens (tertiary/aromatic N) is 1. The maximum atomic E-state index is 10.6. The van der Waals surface area contributed by atoms with Crippen molar-refractivity contribution in [3.63, 3.8) is 0 Å². The molecular weight excluding hydrogens is 280 g/mol. The van der Waals surface area contributed by atoms with Gasteiger partial charge in [0.1, 0.15) is 11.5 Å². The van der Waals surface area contributed by atoms with E-state index in [1.165, 1.54) is 0 Å². The van der Waals surface area contributed by atoms with Crippen LogP contribution in [0.4, 0.5) is 10.7 Å². The Hall–Kier alpha value is -2.28. The van der Waals surface area contributed by atoms with E-state index in [0.29, 0.717) is 18.0 Å². The van der Waals surface area contributed by atoms with E-state index >= 15 is 0 Å². The number of thiophene rings is 1. The van der Waals surface area contributed by atoms with Gasteiger partial charge in [-0.2, -0.15) is 0 Å². The lowest BCUT2D eigenvalue weighted by Gasteiger charge is -2.10. The molecule has 0 radical (unpaired) electrons. The first-order chi connectivity index (χ1) is 9.62. The Morgan fingerprint density at radius 3 is 2.35 bits per heavy atom. The van der Waals surface area contributed by atoms with Crippen molar-refractivity contribution >= 4 is 22.0 Å². The van der Waals surface area contributed by atoms with Crippen molar-refractivity contribution in [3.8, 4) is 11.5 Å². The van der Waals surface area contributed by atoms with E-state index in [4.69, 9.17) is 9.47 Å². The summed E-state index contributed by atoms with van der Waals surface area (Å²) < 4.78 is 10.4. The van der Waals surface area contributed by atoms with Crippen molar-refractivity contribution in [1.82, 2.24) is 0 Å². The van der Waals surface area contributed by atoms with Gasteiger partial charge in [-0.3, -0.25) is 10.1 Å². The van der Waals surface area contributed by atoms with Crippen LogP contribution in [0.3, 0.4) is 0 Å². The molecule has 0 aliphatic carbocycles. The molecule has 6 nitrogen and oxygen atoms in total. The second-order valence-electron chi connectivity index (χ2n) is 4.01. The van der Waals surface area contributed by atoms with E-state index in [1.54, 1.807) is 31.7 Å². The summed E-state index contributed by atoms with van der Waals surface area (Å²) in [7, 11) is 3.17. The van der Waals surface area contributed by atoms with Crippen LogP contribution < -0.4 is 14.8 Å². The normalized spacial score (nSPS) is 10.1. The predicted molar refractivity (Wildman–Crippen MR) is 77.8 cm³/mol. The van der Waals surface area contributed by atoms with E-state index in [0.717, 1.165) is 22.6 Å². The molecule has 0 unspecified atom stereocenters. The highest BCUT2D eigenvalue weighted by Crippen LogP contribution is 2.27. The third-order valence-electron chi connectivity index (χ3n) is 2.67. The lowest BCUT2D eigenvalue weighted by atomic mass is 10.2. The van der Waals surface area contributed by atoms with Gasteiger partial charge < -0.3 is 14.8 Å². The van der Waals surface area contributed by atoms with Gasteiger partial charge in [0.15, 0.2) is 0 Å². The summed E-state index contributed by atoms with van der Waals surface area (Å²) in [6.07, 6.45) is 0. The molecule has 0 saturated heterocycles. The predicted octanol–water partition coefficient (Wildman–Crippen LogP) is 3.29. The smallest absolute Gasteiger partial charge is 0.324 e. The molecule has 1 N–H and O–H groups in total. The summed E-state index contributed by atoms with van der Waals surface area (Å²) in [5.41, 5.74) is 1.69. The molecule has 106 valence electrons. The van der Waals surface area contributed by atoms with Crippen molar-refractivity contribution < 1.29 is 14.4 Å². The summed E-state index contributed by atoms with van der Waals surface area (Å²) >= 11 is 1.12. The largest absolute Gasteiger partial charge is 0.497 e. The minimum absolute atomic E-state index is 0.144. The summed E-state index contributed by atoms with van der Waals surface area (Å²) in [4.78, 5) is 10.2. The zero-order valence-corrected chi connectivity index (χ0v) is 11.9. The van der Waals surface area contributed by atoms with Crippen molar-refractivity contribution in [3.05, 3.63) is 45.3 Å². The lowest BCUT2D eigenvalue weighted by Crippen LogP contribution is -1.99. The molecule has 2 aromatic rings. The van der Waals surface area contributed by atoms with Crippen LogP contribution in [0.25, 0.3) is 0 Å². The van der Waals surface area contributed by atoms with Crippen LogP contribution in [0, 0.1) is 10.1 Å². The SMILES string of the molecule is COc1cc(NCc2csc([N+](=O)[O-])c2)cc(OC)c1. The van der Waals surface area contributed by atoms with Crippen LogP contribution in [0.5, 0.6) is 11.5 Å². The van der Waals surface area contributed by atoms with Gasteiger partial charge in [-0.15, -0.1) is 0 Å². The zero-order valence-electron chi connectivity index (χ0n) is 11.1. The first kappa shape index (κ1) is 14.1. The third kappa shape index (κ3) is 3.39. The number of methoxy groups -OCH3 is 2. The molecular formula is C13H14N2O4S. The van der Waals surface area contributed by atoms with Crippen molar-refractivity contribution in [2.75, 3.05) is 19.5 Å². The van der Waals surface area contributed by atoms with E-state index in [9.17, 15) is 10.1 Å². The Kier molecular flexibility index (Phi) is 4.41. The second-order valence-corrected chi connectivity index (χ2v) is 4.89. The van der Waals surface area contributed by atoms with Crippen molar-refractivity contribution in [1.29, 1.82) is 0 Å². The first-order valence-corrected chi connectivity index (χ1v) is 6.69. The molecule has 1 aromatic heterocycles. The minimum Gasteiger partial charge on any atom is -0.497 e. The van der Waals surface area contributed by atoms with Crippen LogP contribution in [-0.2, 0) is 6.54 Å². The number of rotatable bonds is 6. The summed E-state index contributed by atoms with van der Waals surface area (Å²) in [6, 6.07) is 7.02. The lowest BCUT2D eigenvalue weighted by molar-refractivity contribution is -0.380. The number of anilines is 1. The van der Waals surface area contributed by atoms with Crippen LogP contribution in [0.15, 0.2) is 29.6 Å². The Bertz CT molecular complexity index is 590. The van der Waals surface area contributed by atoms with E-state index in [-0.39, 0.29) is 9.92 Å². The number of benzene rings is 1. The van der Waals surface area contributed by atoms with Crippen LogP contribution in [-0.4, -0.2) is 19.1 Å². The highest BCUT2D eigenvalue weighted by atomic mass is 32.1. The Morgan fingerprint density at radius 1 is 1.20 bits per heavy atom. The maximum absolute atomic E-state index is 10.6. The minimum atomic E-state index is -0.386. The average Bonchev–Trinajstić information content (AvgIpc) is 2.93. The molecule has 0 atom stereocenters. The number of hydrogen-bond donors (Lipinski definition) is 1. The summed E-state index contributed by atoms with van der Waals surface area (Å²) in [5, 5.41) is 15.7. The van der Waals surface area contributed by atoms with Crippen LogP contribution in [0.2, 0.25) is 0 Å². The van der Waals surface area contributed by atoms with E-state index in [1.807, 2.05) is 12.1 Å². The fourth-order valence-corrected chi connectivity index (χ4v) is 2.39. The van der Waals surface area contributed by atoms with Gasteiger partial charge in [-0.1, -0.05) is 11.3 Å². The monoisotopic (exact) mass is 294 g/mol. The Morgan fingerprint density at radius 2 is 1.85 bits per heavy atom.